The van der Waals surface area contributed by atoms with Crippen LogP contribution in [-0.2, 0) is 23.8 Å². The molecule has 1 rings (SSSR count). The maximum Gasteiger partial charge on any atom is 0.306 e. The number of carbonyl (C=O) groups is 2. The molecule has 1 amide bonds. The third-order valence-electron chi connectivity index (χ3n) is 13.0. The van der Waals surface area contributed by atoms with Gasteiger partial charge in [-0.3, -0.25) is 9.59 Å². The highest BCUT2D eigenvalue weighted by Crippen LogP contribution is 2.26. The van der Waals surface area contributed by atoms with Crippen LogP contribution in [0.4, 0.5) is 0 Å². The molecule has 1 heterocycles. The number of aliphatic hydroxyl groups is 5. The molecular formula is C62H105NO10. The standard InChI is InChI=1S/C62H105NO10/c1-4-7-10-13-16-19-22-25-26-27-28-29-30-32-35-38-41-44-47-50-57(67)73-60-59(69)58(68)56(51-64)72-62(60)71-52-53(54(65)48-45-42-39-36-33-24-21-18-15-12-9-6-3)63-61(70)55(66)49-46-43-40-37-34-31-23-20-17-14-11-8-5-2/h8,11,16-17,19-20,25-26,28-29,31-32,34-35,45,48,53-56,58-60,62,64-66,68-69H,4-7,9-10,12-15,18,21-24,27,30,33,36-44,46-47,49-52H2,1-3H3,(H,63,70)/b11-8+,19-16-,20-17+,26-25-,29-28-,34-31+,35-32-,48-45+. The molecule has 1 fully saturated rings. The third-order valence-corrected chi connectivity index (χ3v) is 13.0. The van der Waals surface area contributed by atoms with E-state index in [1.54, 1.807) is 6.08 Å². The van der Waals surface area contributed by atoms with Crippen LogP contribution in [0.5, 0.6) is 0 Å². The number of carbonyl (C=O) groups excluding carboxylic acids is 2. The molecule has 0 spiro atoms. The molecule has 11 heteroatoms. The second-order valence-corrected chi connectivity index (χ2v) is 19.6. The predicted molar refractivity (Wildman–Crippen MR) is 301 cm³/mol. The van der Waals surface area contributed by atoms with Crippen molar-refractivity contribution >= 4 is 11.9 Å². The van der Waals surface area contributed by atoms with Gasteiger partial charge >= 0.3 is 5.97 Å². The van der Waals surface area contributed by atoms with E-state index in [1.807, 2.05) is 6.08 Å². The lowest BCUT2D eigenvalue weighted by Crippen LogP contribution is -2.61. The number of esters is 1. The van der Waals surface area contributed by atoms with Gasteiger partial charge in [-0.1, -0.05) is 208 Å². The lowest BCUT2D eigenvalue weighted by Gasteiger charge is -2.41. The Morgan fingerprint density at radius 2 is 0.986 bits per heavy atom. The number of unbranched alkanes of at least 4 members (excludes halogenated alkanes) is 19. The van der Waals surface area contributed by atoms with E-state index < -0.39 is 67.4 Å². The van der Waals surface area contributed by atoms with Gasteiger partial charge in [0.2, 0.25) is 5.91 Å². The fourth-order valence-corrected chi connectivity index (χ4v) is 8.35. The number of hydrogen-bond acceptors (Lipinski definition) is 10. The molecule has 1 saturated heterocycles. The minimum Gasteiger partial charge on any atom is -0.454 e. The average Bonchev–Trinajstić information content (AvgIpc) is 3.39. The van der Waals surface area contributed by atoms with Crippen LogP contribution in [0.15, 0.2) is 97.2 Å². The van der Waals surface area contributed by atoms with Crippen molar-refractivity contribution in [2.24, 2.45) is 0 Å². The first-order valence-corrected chi connectivity index (χ1v) is 29.0. The fraction of sp³-hybridized carbons (Fsp3) is 0.710. The summed E-state index contributed by atoms with van der Waals surface area (Å²) < 4.78 is 17.5. The summed E-state index contributed by atoms with van der Waals surface area (Å²) in [6, 6.07) is -1.05. The SMILES string of the molecule is CC/C=C/C/C=C/C/C=C/CCCCCC(O)C(=O)NC(COC1OC(CO)C(O)C(O)C1OC(=O)CCCCC/C=C\C/C=C\C/C=C\C/C=C\CCCCC)C(O)/C=C/CCCCCCCCCCCC. The Kier molecular flexibility index (Phi) is 45.8. The highest BCUT2D eigenvalue weighted by atomic mass is 16.7. The maximum absolute atomic E-state index is 13.4. The number of hydrogen-bond donors (Lipinski definition) is 6. The first-order chi connectivity index (χ1) is 35.7. The molecule has 0 bridgehead atoms. The van der Waals surface area contributed by atoms with Crippen molar-refractivity contribution in [3.63, 3.8) is 0 Å². The minimum absolute atomic E-state index is 0.0783. The number of rotatable bonds is 47. The van der Waals surface area contributed by atoms with Crippen molar-refractivity contribution in [3.05, 3.63) is 97.2 Å². The molecule has 1 aliphatic heterocycles. The second kappa shape index (κ2) is 49.5. The van der Waals surface area contributed by atoms with Crippen LogP contribution in [0.1, 0.15) is 220 Å². The molecule has 418 valence electrons. The Hall–Kier alpha value is -3.42. The van der Waals surface area contributed by atoms with Crippen molar-refractivity contribution in [1.82, 2.24) is 5.32 Å². The molecule has 0 aliphatic carbocycles. The first kappa shape index (κ1) is 67.6. The van der Waals surface area contributed by atoms with Crippen LogP contribution in [0.2, 0.25) is 0 Å². The van der Waals surface area contributed by atoms with E-state index in [9.17, 15) is 35.1 Å². The van der Waals surface area contributed by atoms with Crippen molar-refractivity contribution in [2.45, 2.75) is 269 Å². The monoisotopic (exact) mass is 1020 g/mol. The van der Waals surface area contributed by atoms with Gasteiger partial charge in [-0.2, -0.15) is 0 Å². The number of aliphatic hydroxyl groups excluding tert-OH is 5. The van der Waals surface area contributed by atoms with E-state index in [2.05, 4.69) is 111 Å². The number of nitrogens with one attached hydrogen (secondary N) is 1. The zero-order chi connectivity index (χ0) is 53.3. The van der Waals surface area contributed by atoms with Crippen molar-refractivity contribution < 1.29 is 49.3 Å². The molecule has 6 N–H and O–H groups in total. The summed E-state index contributed by atoms with van der Waals surface area (Å²) in [7, 11) is 0. The Bertz CT molecular complexity index is 1550. The quantitative estimate of drug-likeness (QED) is 0.0196. The van der Waals surface area contributed by atoms with Gasteiger partial charge in [-0.15, -0.1) is 0 Å². The predicted octanol–water partition coefficient (Wildman–Crippen LogP) is 13.2. The smallest absolute Gasteiger partial charge is 0.306 e. The highest BCUT2D eigenvalue weighted by Gasteiger charge is 2.47. The van der Waals surface area contributed by atoms with Gasteiger partial charge in [0.15, 0.2) is 12.4 Å². The number of amides is 1. The van der Waals surface area contributed by atoms with E-state index in [4.69, 9.17) is 14.2 Å². The Labute approximate surface area is 444 Å². The Morgan fingerprint density at radius 3 is 1.51 bits per heavy atom. The van der Waals surface area contributed by atoms with Gasteiger partial charge in [0, 0.05) is 6.42 Å². The summed E-state index contributed by atoms with van der Waals surface area (Å²) in [5.74, 6) is -1.26. The summed E-state index contributed by atoms with van der Waals surface area (Å²) in [5.41, 5.74) is 0. The largest absolute Gasteiger partial charge is 0.454 e. The van der Waals surface area contributed by atoms with E-state index >= 15 is 0 Å². The zero-order valence-electron chi connectivity index (χ0n) is 46.0. The van der Waals surface area contributed by atoms with Crippen LogP contribution in [0, 0.1) is 0 Å². The third kappa shape index (κ3) is 37.9. The van der Waals surface area contributed by atoms with E-state index in [0.29, 0.717) is 12.8 Å². The number of allylic oxidation sites excluding steroid dienone is 15. The normalized spacial score (nSPS) is 20.1. The van der Waals surface area contributed by atoms with Crippen molar-refractivity contribution in [2.75, 3.05) is 13.2 Å². The Balaban J connectivity index is 2.76. The van der Waals surface area contributed by atoms with E-state index in [0.717, 1.165) is 103 Å². The van der Waals surface area contributed by atoms with Gasteiger partial charge in [-0.25, -0.2) is 0 Å². The van der Waals surface area contributed by atoms with E-state index in [1.165, 1.54) is 70.6 Å². The van der Waals surface area contributed by atoms with Gasteiger partial charge in [0.1, 0.15) is 24.4 Å². The summed E-state index contributed by atoms with van der Waals surface area (Å²) >= 11 is 0. The van der Waals surface area contributed by atoms with Crippen LogP contribution in [-0.4, -0.2) is 99.6 Å². The summed E-state index contributed by atoms with van der Waals surface area (Å²) in [6.07, 6.45) is 54.5. The lowest BCUT2D eigenvalue weighted by atomic mass is 9.99. The molecule has 0 aromatic heterocycles. The molecule has 8 atom stereocenters. The molecule has 11 nitrogen and oxygen atoms in total. The lowest BCUT2D eigenvalue weighted by molar-refractivity contribution is -0.305. The van der Waals surface area contributed by atoms with Gasteiger partial charge in [0.25, 0.3) is 0 Å². The first-order valence-electron chi connectivity index (χ1n) is 29.0. The van der Waals surface area contributed by atoms with Crippen LogP contribution in [0.3, 0.4) is 0 Å². The summed E-state index contributed by atoms with van der Waals surface area (Å²) in [5, 5.41) is 56.8. The van der Waals surface area contributed by atoms with Crippen LogP contribution >= 0.6 is 0 Å². The van der Waals surface area contributed by atoms with E-state index in [-0.39, 0.29) is 19.4 Å². The van der Waals surface area contributed by atoms with Gasteiger partial charge in [0.05, 0.1) is 25.4 Å². The molecule has 0 aromatic rings. The molecule has 0 aromatic carbocycles. The molecule has 73 heavy (non-hydrogen) atoms. The fourth-order valence-electron chi connectivity index (χ4n) is 8.35. The maximum atomic E-state index is 13.4. The molecule has 1 aliphatic rings. The van der Waals surface area contributed by atoms with Crippen molar-refractivity contribution in [1.29, 1.82) is 0 Å². The molecule has 0 radical (unpaired) electrons. The minimum atomic E-state index is -1.64. The van der Waals surface area contributed by atoms with Crippen LogP contribution in [0.25, 0.3) is 0 Å². The van der Waals surface area contributed by atoms with Gasteiger partial charge < -0.3 is 45.1 Å². The topological polar surface area (TPSA) is 175 Å². The molecule has 0 saturated carbocycles. The summed E-state index contributed by atoms with van der Waals surface area (Å²) in [6.45, 7) is 5.59. The Morgan fingerprint density at radius 1 is 0.548 bits per heavy atom. The zero-order valence-corrected chi connectivity index (χ0v) is 46.0. The second-order valence-electron chi connectivity index (χ2n) is 19.6. The number of ether oxygens (including phenoxy) is 3. The molecule has 8 unspecified atom stereocenters. The van der Waals surface area contributed by atoms with Crippen LogP contribution < -0.4 is 5.32 Å². The highest BCUT2D eigenvalue weighted by molar-refractivity contribution is 5.80. The van der Waals surface area contributed by atoms with Crippen molar-refractivity contribution in [3.8, 4) is 0 Å². The van der Waals surface area contributed by atoms with Gasteiger partial charge in [-0.05, 0) is 103 Å². The summed E-state index contributed by atoms with van der Waals surface area (Å²) in [4.78, 5) is 26.4. The average molecular weight is 1020 g/mol. The molecular weight excluding hydrogens is 919 g/mol.